The summed E-state index contributed by atoms with van der Waals surface area (Å²) in [5.74, 6) is -0.274. The number of rotatable bonds is 4. The van der Waals surface area contributed by atoms with E-state index in [2.05, 4.69) is 0 Å². The third kappa shape index (κ3) is 9.25. The lowest BCUT2D eigenvalue weighted by Crippen LogP contribution is -1.99. The summed E-state index contributed by atoms with van der Waals surface area (Å²) in [4.78, 5) is 0. The van der Waals surface area contributed by atoms with Gasteiger partial charge in [0, 0.05) is 6.08 Å². The maximum atomic E-state index is 12.7. The summed E-state index contributed by atoms with van der Waals surface area (Å²) in [5, 5.41) is 0. The van der Waals surface area contributed by atoms with Crippen LogP contribution in [-0.2, 0) is 0 Å². The summed E-state index contributed by atoms with van der Waals surface area (Å²) >= 11 is 0. The second kappa shape index (κ2) is 6.43. The maximum Gasteiger partial charge on any atom is 0.409 e. The number of halogens is 4. The van der Waals surface area contributed by atoms with Gasteiger partial charge in [-0.25, -0.2) is 4.39 Å². The van der Waals surface area contributed by atoms with Crippen molar-refractivity contribution in [3.05, 3.63) is 35.7 Å². The predicted octanol–water partition coefficient (Wildman–Crippen LogP) is 4.70. The van der Waals surface area contributed by atoms with Crippen LogP contribution in [0.15, 0.2) is 35.7 Å². The van der Waals surface area contributed by atoms with Crippen LogP contribution in [0.4, 0.5) is 17.6 Å². The molecule has 15 heavy (non-hydrogen) atoms. The van der Waals surface area contributed by atoms with Gasteiger partial charge in [0.1, 0.15) is 0 Å². The van der Waals surface area contributed by atoms with Gasteiger partial charge in [0.25, 0.3) is 0 Å². The maximum absolute atomic E-state index is 12.7. The third-order valence-corrected chi connectivity index (χ3v) is 1.60. The fourth-order valence-corrected chi connectivity index (χ4v) is 0.864. The van der Waals surface area contributed by atoms with E-state index in [1.54, 1.807) is 13.8 Å². The first-order chi connectivity index (χ1) is 6.85. The van der Waals surface area contributed by atoms with Gasteiger partial charge < -0.3 is 0 Å². The summed E-state index contributed by atoms with van der Waals surface area (Å²) < 4.78 is 47.7. The minimum Gasteiger partial charge on any atom is -0.212 e. The van der Waals surface area contributed by atoms with E-state index in [9.17, 15) is 17.6 Å². The van der Waals surface area contributed by atoms with Crippen molar-refractivity contribution < 1.29 is 17.6 Å². The second-order valence-electron chi connectivity index (χ2n) is 3.07. The summed E-state index contributed by atoms with van der Waals surface area (Å²) in [6, 6.07) is 0. The van der Waals surface area contributed by atoms with Crippen molar-refractivity contribution >= 4 is 0 Å². The van der Waals surface area contributed by atoms with Crippen molar-refractivity contribution in [1.29, 1.82) is 0 Å². The van der Waals surface area contributed by atoms with Crippen LogP contribution in [0.3, 0.4) is 0 Å². The predicted molar refractivity (Wildman–Crippen MR) is 53.1 cm³/mol. The van der Waals surface area contributed by atoms with Crippen LogP contribution in [0.1, 0.15) is 26.7 Å². The first kappa shape index (κ1) is 13.9. The molecule has 0 rings (SSSR count). The van der Waals surface area contributed by atoms with Gasteiger partial charge in [-0.1, -0.05) is 24.6 Å². The molecule has 0 nitrogen and oxygen atoms in total. The molecule has 0 aliphatic rings. The summed E-state index contributed by atoms with van der Waals surface area (Å²) in [5.41, 5.74) is 0.626. The monoisotopic (exact) mass is 222 g/mol. The number of allylic oxidation sites excluding steroid dienone is 6. The SMILES string of the molecule is CC/C(F)=C\C(C)=C/C/C=C/C(F)(F)F. The van der Waals surface area contributed by atoms with E-state index in [0.29, 0.717) is 12.0 Å². The van der Waals surface area contributed by atoms with Crippen LogP contribution < -0.4 is 0 Å². The lowest BCUT2D eigenvalue weighted by molar-refractivity contribution is -0.0799. The molecule has 4 heteroatoms. The standard InChI is InChI=1S/C11H14F4/c1-3-10(12)8-9(2)6-4-5-7-11(13,14)15/h5-8H,3-4H2,1-2H3/b7-5+,9-6-,10-8+. The molecule has 0 amide bonds. The Labute approximate surface area is 87.0 Å². The van der Waals surface area contributed by atoms with E-state index in [1.165, 1.54) is 12.2 Å². The van der Waals surface area contributed by atoms with Crippen molar-refractivity contribution in [1.82, 2.24) is 0 Å². The summed E-state index contributed by atoms with van der Waals surface area (Å²) in [6.07, 6.45) is 0.214. The molecular formula is C11H14F4. The van der Waals surface area contributed by atoms with Gasteiger partial charge in [-0.3, -0.25) is 0 Å². The minimum absolute atomic E-state index is 0.152. The van der Waals surface area contributed by atoms with Gasteiger partial charge in [0.05, 0.1) is 5.83 Å². The zero-order valence-corrected chi connectivity index (χ0v) is 8.74. The molecule has 0 bridgehead atoms. The zero-order chi connectivity index (χ0) is 11.9. The average Bonchev–Trinajstić information content (AvgIpc) is 2.11. The lowest BCUT2D eigenvalue weighted by Gasteiger charge is -1.96. The van der Waals surface area contributed by atoms with Gasteiger partial charge in [-0.05, 0) is 25.8 Å². The molecule has 0 heterocycles. The van der Waals surface area contributed by atoms with Crippen molar-refractivity contribution in [2.24, 2.45) is 0 Å². The van der Waals surface area contributed by atoms with Crippen molar-refractivity contribution in [2.45, 2.75) is 32.9 Å². The highest BCUT2D eigenvalue weighted by Gasteiger charge is 2.21. The Morgan fingerprint density at radius 2 is 1.87 bits per heavy atom. The minimum atomic E-state index is -4.27. The molecule has 86 valence electrons. The highest BCUT2D eigenvalue weighted by Crippen LogP contribution is 2.16. The molecule has 0 aromatic carbocycles. The van der Waals surface area contributed by atoms with Crippen LogP contribution in [0.25, 0.3) is 0 Å². The van der Waals surface area contributed by atoms with E-state index in [4.69, 9.17) is 0 Å². The topological polar surface area (TPSA) is 0 Å². The van der Waals surface area contributed by atoms with Crippen molar-refractivity contribution in [3.8, 4) is 0 Å². The fourth-order valence-electron chi connectivity index (χ4n) is 0.864. The first-order valence-electron chi connectivity index (χ1n) is 4.62. The molecule has 0 saturated heterocycles. The van der Waals surface area contributed by atoms with Gasteiger partial charge in [0.15, 0.2) is 0 Å². The second-order valence-corrected chi connectivity index (χ2v) is 3.07. The molecule has 0 spiro atoms. The largest absolute Gasteiger partial charge is 0.409 e. The van der Waals surface area contributed by atoms with E-state index in [0.717, 1.165) is 6.08 Å². The van der Waals surface area contributed by atoms with Gasteiger partial charge >= 0.3 is 6.18 Å². The highest BCUT2D eigenvalue weighted by atomic mass is 19.4. The molecule has 0 aromatic heterocycles. The molecule has 0 atom stereocenters. The lowest BCUT2D eigenvalue weighted by atomic mass is 10.2. The Bertz CT molecular complexity index is 269. The fraction of sp³-hybridized carbons (Fsp3) is 0.455. The van der Waals surface area contributed by atoms with Crippen LogP contribution in [0.5, 0.6) is 0 Å². The molecule has 0 N–H and O–H groups in total. The summed E-state index contributed by atoms with van der Waals surface area (Å²) in [7, 11) is 0. The Hall–Kier alpha value is -1.06. The Balaban J connectivity index is 4.14. The van der Waals surface area contributed by atoms with E-state index in [1.807, 2.05) is 0 Å². The molecule has 0 fully saturated rings. The quantitative estimate of drug-likeness (QED) is 0.367. The Kier molecular flexibility index (Phi) is 5.97. The van der Waals surface area contributed by atoms with Gasteiger partial charge in [-0.15, -0.1) is 0 Å². The molecule has 0 aliphatic carbocycles. The van der Waals surface area contributed by atoms with Gasteiger partial charge in [0.2, 0.25) is 0 Å². The van der Waals surface area contributed by atoms with Crippen LogP contribution in [0, 0.1) is 0 Å². The smallest absolute Gasteiger partial charge is 0.212 e. The number of hydrogen-bond acceptors (Lipinski definition) is 0. The van der Waals surface area contributed by atoms with E-state index in [-0.39, 0.29) is 18.3 Å². The third-order valence-electron chi connectivity index (χ3n) is 1.60. The molecular weight excluding hydrogens is 208 g/mol. The summed E-state index contributed by atoms with van der Waals surface area (Å²) in [6.45, 7) is 3.32. The molecule has 0 saturated carbocycles. The molecule has 0 unspecified atom stereocenters. The van der Waals surface area contributed by atoms with Crippen LogP contribution >= 0.6 is 0 Å². The van der Waals surface area contributed by atoms with Crippen LogP contribution in [-0.4, -0.2) is 6.18 Å². The van der Waals surface area contributed by atoms with E-state index >= 15 is 0 Å². The highest BCUT2D eigenvalue weighted by molar-refractivity contribution is 5.19. The first-order valence-corrected chi connectivity index (χ1v) is 4.62. The Morgan fingerprint density at radius 3 is 2.33 bits per heavy atom. The van der Waals surface area contributed by atoms with Crippen molar-refractivity contribution in [2.75, 3.05) is 0 Å². The van der Waals surface area contributed by atoms with Gasteiger partial charge in [-0.2, -0.15) is 13.2 Å². The number of hydrogen-bond donors (Lipinski definition) is 0. The van der Waals surface area contributed by atoms with E-state index < -0.39 is 6.18 Å². The molecule has 0 aromatic rings. The molecule has 0 aliphatic heterocycles. The normalized spacial score (nSPS) is 15.1. The van der Waals surface area contributed by atoms with Crippen LogP contribution in [0.2, 0.25) is 0 Å². The van der Waals surface area contributed by atoms with Crippen molar-refractivity contribution in [3.63, 3.8) is 0 Å². The zero-order valence-electron chi connectivity index (χ0n) is 8.74. The average molecular weight is 222 g/mol. The number of alkyl halides is 3. The molecule has 0 radical (unpaired) electrons. The Morgan fingerprint density at radius 1 is 1.27 bits per heavy atom.